The van der Waals surface area contributed by atoms with Crippen molar-refractivity contribution in [3.63, 3.8) is 0 Å². The fourth-order valence-electron chi connectivity index (χ4n) is 2.23. The van der Waals surface area contributed by atoms with Crippen molar-refractivity contribution in [3.8, 4) is 0 Å². The Bertz CT molecular complexity index is 756. The normalized spacial score (nSPS) is 14.0. The average molecular weight is 357 g/mol. The topological polar surface area (TPSA) is 64.7 Å². The van der Waals surface area contributed by atoms with Crippen LogP contribution in [0, 0.1) is 0 Å². The molecule has 1 aliphatic rings. The molecule has 108 valence electrons. The van der Waals surface area contributed by atoms with Crippen molar-refractivity contribution in [2.24, 2.45) is 0 Å². The Morgan fingerprint density at radius 3 is 2.67 bits per heavy atom. The molecular formula is C13H8BrF3N4. The van der Waals surface area contributed by atoms with Crippen LogP contribution in [0.2, 0.25) is 0 Å². The summed E-state index contributed by atoms with van der Waals surface area (Å²) in [5.41, 5.74) is 6.26. The van der Waals surface area contributed by atoms with Crippen molar-refractivity contribution in [1.29, 1.82) is 0 Å². The van der Waals surface area contributed by atoms with Gasteiger partial charge in [0.2, 0.25) is 5.95 Å². The van der Waals surface area contributed by atoms with Gasteiger partial charge in [-0.2, -0.15) is 13.2 Å². The van der Waals surface area contributed by atoms with Crippen LogP contribution in [0.25, 0.3) is 5.57 Å². The lowest BCUT2D eigenvalue weighted by Crippen LogP contribution is -2.13. The van der Waals surface area contributed by atoms with E-state index in [2.05, 4.69) is 30.9 Å². The van der Waals surface area contributed by atoms with E-state index in [4.69, 9.17) is 5.73 Å². The first-order valence-electron chi connectivity index (χ1n) is 5.91. The smallest absolute Gasteiger partial charge is 0.368 e. The zero-order valence-electron chi connectivity index (χ0n) is 10.4. The first-order valence-corrected chi connectivity index (χ1v) is 6.70. The molecule has 0 unspecified atom stereocenters. The molecular weight excluding hydrogens is 349 g/mol. The van der Waals surface area contributed by atoms with Crippen molar-refractivity contribution < 1.29 is 13.2 Å². The number of nitrogens with two attached hydrogens (primary N) is 1. The van der Waals surface area contributed by atoms with Gasteiger partial charge in [0.15, 0.2) is 0 Å². The number of fused-ring (bicyclic) bond motifs is 1. The second kappa shape index (κ2) is 4.80. The highest BCUT2D eigenvalue weighted by Gasteiger charge is 2.37. The third-order valence-corrected chi connectivity index (χ3v) is 3.57. The van der Waals surface area contributed by atoms with Crippen LogP contribution in [0.15, 0.2) is 29.1 Å². The van der Waals surface area contributed by atoms with Gasteiger partial charge in [0.1, 0.15) is 10.2 Å². The molecule has 8 heteroatoms. The molecule has 0 spiro atoms. The predicted octanol–water partition coefficient (Wildman–Crippen LogP) is 3.22. The minimum atomic E-state index is -4.54. The summed E-state index contributed by atoms with van der Waals surface area (Å²) >= 11 is 3.22. The Hall–Kier alpha value is -1.96. The van der Waals surface area contributed by atoms with Crippen LogP contribution >= 0.6 is 15.9 Å². The molecule has 21 heavy (non-hydrogen) atoms. The van der Waals surface area contributed by atoms with Crippen molar-refractivity contribution in [1.82, 2.24) is 15.0 Å². The van der Waals surface area contributed by atoms with E-state index >= 15 is 0 Å². The van der Waals surface area contributed by atoms with Crippen LogP contribution in [0.4, 0.5) is 19.1 Å². The summed E-state index contributed by atoms with van der Waals surface area (Å²) in [6, 6.07) is 1.67. The number of hydrogen-bond acceptors (Lipinski definition) is 4. The van der Waals surface area contributed by atoms with Crippen LogP contribution in [-0.2, 0) is 12.6 Å². The quantitative estimate of drug-likeness (QED) is 0.796. The monoisotopic (exact) mass is 356 g/mol. The number of pyridine rings is 1. The van der Waals surface area contributed by atoms with Gasteiger partial charge in [-0.1, -0.05) is 6.08 Å². The van der Waals surface area contributed by atoms with Gasteiger partial charge in [0.25, 0.3) is 0 Å². The molecule has 3 rings (SSSR count). The summed E-state index contributed by atoms with van der Waals surface area (Å²) in [7, 11) is 0. The van der Waals surface area contributed by atoms with E-state index in [0.717, 1.165) is 5.56 Å². The number of halogens is 4. The van der Waals surface area contributed by atoms with Crippen molar-refractivity contribution in [2.45, 2.75) is 12.6 Å². The van der Waals surface area contributed by atoms with E-state index in [1.807, 2.05) is 0 Å². The standard InChI is InChI=1S/C13H8BrF3N4/c14-10-3-8-6(4-19-10)1-2-7(8)11-9(13(15,16)17)5-20-12(18)21-11/h2-5H,1H2,(H2,18,20,21). The van der Waals surface area contributed by atoms with Crippen molar-refractivity contribution in [3.05, 3.63) is 51.5 Å². The summed E-state index contributed by atoms with van der Waals surface area (Å²) in [5.74, 6) is -0.194. The molecule has 0 fully saturated rings. The Balaban J connectivity index is 2.20. The van der Waals surface area contributed by atoms with Gasteiger partial charge < -0.3 is 5.73 Å². The Kier molecular flexibility index (Phi) is 3.20. The molecule has 2 aromatic heterocycles. The fraction of sp³-hybridized carbons (Fsp3) is 0.154. The average Bonchev–Trinajstić information content (AvgIpc) is 2.79. The summed E-state index contributed by atoms with van der Waals surface area (Å²) < 4.78 is 39.9. The highest BCUT2D eigenvalue weighted by molar-refractivity contribution is 9.10. The Morgan fingerprint density at radius 1 is 1.19 bits per heavy atom. The van der Waals surface area contributed by atoms with Gasteiger partial charge in [0.05, 0.1) is 5.69 Å². The molecule has 0 atom stereocenters. The molecule has 0 amide bonds. The number of nitrogens with zero attached hydrogens (tertiary/aromatic N) is 3. The molecule has 0 aromatic carbocycles. The van der Waals surface area contributed by atoms with Crippen LogP contribution in [-0.4, -0.2) is 15.0 Å². The largest absolute Gasteiger partial charge is 0.419 e. The molecule has 0 radical (unpaired) electrons. The van der Waals surface area contributed by atoms with E-state index in [0.29, 0.717) is 28.4 Å². The van der Waals surface area contributed by atoms with Gasteiger partial charge in [0, 0.05) is 18.0 Å². The first-order chi connectivity index (χ1) is 9.86. The molecule has 0 bridgehead atoms. The number of anilines is 1. The molecule has 0 saturated carbocycles. The number of rotatable bonds is 1. The molecule has 4 nitrogen and oxygen atoms in total. The summed E-state index contributed by atoms with van der Waals surface area (Å²) in [6.45, 7) is 0. The Labute approximate surface area is 126 Å². The number of hydrogen-bond donors (Lipinski definition) is 1. The van der Waals surface area contributed by atoms with E-state index in [1.165, 1.54) is 0 Å². The minimum Gasteiger partial charge on any atom is -0.368 e. The highest BCUT2D eigenvalue weighted by atomic mass is 79.9. The maximum absolute atomic E-state index is 13.1. The Morgan fingerprint density at radius 2 is 1.95 bits per heavy atom. The maximum Gasteiger partial charge on any atom is 0.419 e. The number of allylic oxidation sites excluding steroid dienone is 1. The van der Waals surface area contributed by atoms with Crippen LogP contribution in [0.3, 0.4) is 0 Å². The van der Waals surface area contributed by atoms with Gasteiger partial charge in [-0.3, -0.25) is 0 Å². The van der Waals surface area contributed by atoms with E-state index < -0.39 is 11.7 Å². The molecule has 0 saturated heterocycles. The van der Waals surface area contributed by atoms with Crippen molar-refractivity contribution in [2.75, 3.05) is 5.73 Å². The van der Waals surface area contributed by atoms with E-state index in [9.17, 15) is 13.2 Å². The lowest BCUT2D eigenvalue weighted by Gasteiger charge is -2.13. The lowest BCUT2D eigenvalue weighted by atomic mass is 10.0. The second-order valence-electron chi connectivity index (χ2n) is 4.47. The first kappa shape index (κ1) is 14.0. The van der Waals surface area contributed by atoms with E-state index in [-0.39, 0.29) is 11.6 Å². The molecule has 2 heterocycles. The SMILES string of the molecule is Nc1ncc(C(F)(F)F)c(C2=CCc3cnc(Br)cc32)n1. The predicted molar refractivity (Wildman–Crippen MR) is 74.2 cm³/mol. The number of alkyl halides is 3. The molecule has 2 N–H and O–H groups in total. The zero-order valence-corrected chi connectivity index (χ0v) is 12.0. The van der Waals surface area contributed by atoms with Gasteiger partial charge in [-0.15, -0.1) is 0 Å². The minimum absolute atomic E-state index is 0.194. The molecule has 1 aliphatic carbocycles. The van der Waals surface area contributed by atoms with Crippen molar-refractivity contribution >= 4 is 27.5 Å². The van der Waals surface area contributed by atoms with E-state index in [1.54, 1.807) is 18.3 Å². The third-order valence-electron chi connectivity index (χ3n) is 3.14. The zero-order chi connectivity index (χ0) is 15.2. The van der Waals surface area contributed by atoms with Crippen LogP contribution in [0.5, 0.6) is 0 Å². The lowest BCUT2D eigenvalue weighted by molar-refractivity contribution is -0.138. The van der Waals surface area contributed by atoms with Gasteiger partial charge in [-0.05, 0) is 39.5 Å². The second-order valence-corrected chi connectivity index (χ2v) is 5.29. The summed E-state index contributed by atoms with van der Waals surface area (Å²) in [6.07, 6.45) is -0.00764. The van der Waals surface area contributed by atoms with Crippen LogP contribution in [0.1, 0.15) is 22.4 Å². The fourth-order valence-corrected chi connectivity index (χ4v) is 2.56. The number of nitrogen functional groups attached to an aromatic ring is 1. The van der Waals surface area contributed by atoms with Gasteiger partial charge >= 0.3 is 6.18 Å². The highest BCUT2D eigenvalue weighted by Crippen LogP contribution is 2.39. The maximum atomic E-state index is 13.1. The summed E-state index contributed by atoms with van der Waals surface area (Å²) in [5, 5.41) is 0. The van der Waals surface area contributed by atoms with Gasteiger partial charge in [-0.25, -0.2) is 15.0 Å². The number of aromatic nitrogens is 3. The third kappa shape index (κ3) is 2.51. The molecule has 2 aromatic rings. The van der Waals surface area contributed by atoms with Crippen LogP contribution < -0.4 is 5.73 Å². The summed E-state index contributed by atoms with van der Waals surface area (Å²) in [4.78, 5) is 11.3. The molecule has 0 aliphatic heterocycles.